The van der Waals surface area contributed by atoms with Crippen molar-refractivity contribution in [2.24, 2.45) is 0 Å². The Morgan fingerprint density at radius 3 is 1.16 bits per heavy atom. The molecule has 44 heavy (non-hydrogen) atoms. The number of aromatic hydroxyl groups is 6. The SMILES string of the molecule is Cc1cc2c(c(O)c1C(=O)O)C(=O)c1c(O)cc(O)cc1[C@H]2[C@@H]1c2cc(O)cc(O)c2C(=O)c2c1cc(C)c(C(=O)O)c2O. The van der Waals surface area contributed by atoms with Gasteiger partial charge in [0.05, 0.1) is 22.3 Å². The molecule has 0 radical (unpaired) electrons. The van der Waals surface area contributed by atoms with Crippen LogP contribution in [0.2, 0.25) is 0 Å². The van der Waals surface area contributed by atoms with Crippen molar-refractivity contribution in [3.05, 3.63) is 103 Å². The number of benzene rings is 4. The highest BCUT2D eigenvalue weighted by atomic mass is 16.4. The van der Waals surface area contributed by atoms with Crippen LogP contribution in [0.3, 0.4) is 0 Å². The van der Waals surface area contributed by atoms with Crippen molar-refractivity contribution in [3.8, 4) is 34.5 Å². The van der Waals surface area contributed by atoms with E-state index in [-0.39, 0.29) is 33.4 Å². The second-order valence-corrected chi connectivity index (χ2v) is 10.8. The molecule has 0 aromatic heterocycles. The first-order valence-electron chi connectivity index (χ1n) is 13.1. The van der Waals surface area contributed by atoms with Crippen molar-refractivity contribution < 1.29 is 60.0 Å². The third kappa shape index (κ3) is 3.63. The lowest BCUT2D eigenvalue weighted by Gasteiger charge is -2.39. The van der Waals surface area contributed by atoms with Crippen molar-refractivity contribution in [3.63, 3.8) is 0 Å². The number of phenols is 6. The smallest absolute Gasteiger partial charge is 0.339 e. The summed E-state index contributed by atoms with van der Waals surface area (Å²) in [5.41, 5.74) is -2.90. The highest BCUT2D eigenvalue weighted by Crippen LogP contribution is 2.57. The highest BCUT2D eigenvalue weighted by Gasteiger charge is 2.47. The number of carboxylic acid groups (broad SMARTS) is 2. The van der Waals surface area contributed by atoms with Gasteiger partial charge in [0, 0.05) is 24.0 Å². The Labute approximate surface area is 247 Å². The standard InChI is InChI=1S/C32H22O12/c1-9-3-13-21(15-5-11(33)7-17(35)23(15)29(39)25(13)27(37)19(9)31(41)42)22-14-4-10(2)20(32(43)44)28(38)26(14)30(40)24-16(22)6-12(34)8-18(24)36/h3-8,21-22,33-38H,1-2H3,(H,41,42)(H,43,44)/t21-,22-/m0/s1. The molecule has 0 saturated heterocycles. The molecule has 4 aromatic carbocycles. The average molecular weight is 599 g/mol. The lowest BCUT2D eigenvalue weighted by Crippen LogP contribution is -2.30. The van der Waals surface area contributed by atoms with Crippen molar-refractivity contribution in [1.29, 1.82) is 0 Å². The number of hydrogen-bond acceptors (Lipinski definition) is 10. The summed E-state index contributed by atoms with van der Waals surface area (Å²) in [6, 6.07) is 6.72. The fourth-order valence-electron chi connectivity index (χ4n) is 6.72. The van der Waals surface area contributed by atoms with Crippen LogP contribution in [0.15, 0.2) is 36.4 Å². The van der Waals surface area contributed by atoms with Gasteiger partial charge in [0.1, 0.15) is 45.6 Å². The third-order valence-corrected chi connectivity index (χ3v) is 8.33. The molecule has 2 aliphatic carbocycles. The molecule has 0 aliphatic heterocycles. The largest absolute Gasteiger partial charge is 0.508 e. The van der Waals surface area contributed by atoms with Crippen molar-refractivity contribution >= 4 is 23.5 Å². The summed E-state index contributed by atoms with van der Waals surface area (Å²) in [6.07, 6.45) is 0. The summed E-state index contributed by atoms with van der Waals surface area (Å²) in [7, 11) is 0. The van der Waals surface area contributed by atoms with Crippen LogP contribution in [0.4, 0.5) is 0 Å². The van der Waals surface area contributed by atoms with Crippen LogP contribution in [-0.2, 0) is 0 Å². The van der Waals surface area contributed by atoms with Crippen LogP contribution in [0.5, 0.6) is 34.5 Å². The molecule has 12 heteroatoms. The summed E-state index contributed by atoms with van der Waals surface area (Å²) in [4.78, 5) is 51.7. The normalized spacial score (nSPS) is 16.5. The second kappa shape index (κ2) is 9.23. The predicted molar refractivity (Wildman–Crippen MR) is 150 cm³/mol. The maximum absolute atomic E-state index is 13.8. The number of carbonyl (C=O) groups excluding carboxylic acids is 2. The van der Waals surface area contributed by atoms with E-state index >= 15 is 0 Å². The van der Waals surface area contributed by atoms with Gasteiger partial charge in [0.25, 0.3) is 0 Å². The molecule has 0 fully saturated rings. The van der Waals surface area contributed by atoms with Crippen LogP contribution in [-0.4, -0.2) is 64.4 Å². The Morgan fingerprint density at radius 1 is 0.523 bits per heavy atom. The van der Waals surface area contributed by atoms with E-state index < -0.39 is 103 Å². The summed E-state index contributed by atoms with van der Waals surface area (Å²) in [5, 5.41) is 84.7. The first-order valence-corrected chi connectivity index (χ1v) is 13.1. The molecule has 2 atom stereocenters. The summed E-state index contributed by atoms with van der Waals surface area (Å²) >= 11 is 0. The van der Waals surface area contributed by atoms with Crippen LogP contribution in [0.25, 0.3) is 0 Å². The van der Waals surface area contributed by atoms with Gasteiger partial charge >= 0.3 is 11.9 Å². The molecule has 0 saturated carbocycles. The molecule has 4 aromatic rings. The average Bonchev–Trinajstić information content (AvgIpc) is 2.88. The first-order chi connectivity index (χ1) is 20.6. The number of phenolic OH excluding ortho intramolecular Hbond substituents is 4. The minimum Gasteiger partial charge on any atom is -0.508 e. The van der Waals surface area contributed by atoms with Crippen molar-refractivity contribution in [1.82, 2.24) is 0 Å². The van der Waals surface area contributed by atoms with E-state index in [1.807, 2.05) is 0 Å². The molecule has 0 amide bonds. The molecule has 222 valence electrons. The van der Waals surface area contributed by atoms with Crippen molar-refractivity contribution in [2.45, 2.75) is 25.7 Å². The summed E-state index contributed by atoms with van der Waals surface area (Å²) in [6.45, 7) is 2.75. The monoisotopic (exact) mass is 598 g/mol. The minimum atomic E-state index is -1.54. The van der Waals surface area contributed by atoms with Crippen LogP contribution in [0.1, 0.15) is 97.8 Å². The number of aromatic carboxylic acids is 2. The zero-order valence-corrected chi connectivity index (χ0v) is 22.8. The number of rotatable bonds is 3. The van der Waals surface area contributed by atoms with Gasteiger partial charge < -0.3 is 40.9 Å². The van der Waals surface area contributed by atoms with Gasteiger partial charge in [-0.05, 0) is 59.4 Å². The molecular weight excluding hydrogens is 576 g/mol. The van der Waals surface area contributed by atoms with Gasteiger partial charge in [0.15, 0.2) is 0 Å². The highest BCUT2D eigenvalue weighted by molar-refractivity contribution is 6.19. The summed E-state index contributed by atoms with van der Waals surface area (Å²) in [5.74, 6) is -11.7. The topological polar surface area (TPSA) is 230 Å². The van der Waals surface area contributed by atoms with E-state index in [1.54, 1.807) is 0 Å². The van der Waals surface area contributed by atoms with Crippen LogP contribution < -0.4 is 0 Å². The number of hydrogen-bond donors (Lipinski definition) is 8. The Balaban J connectivity index is 1.83. The van der Waals surface area contributed by atoms with E-state index in [9.17, 15) is 60.0 Å². The molecule has 6 rings (SSSR count). The zero-order chi connectivity index (χ0) is 32.1. The van der Waals surface area contributed by atoms with Gasteiger partial charge in [-0.2, -0.15) is 0 Å². The van der Waals surface area contributed by atoms with Gasteiger partial charge in [-0.1, -0.05) is 12.1 Å². The molecule has 0 bridgehead atoms. The Bertz CT molecular complexity index is 1910. The fraction of sp³-hybridized carbons (Fsp3) is 0.125. The fourth-order valence-corrected chi connectivity index (χ4v) is 6.72. The third-order valence-electron chi connectivity index (χ3n) is 8.33. The van der Waals surface area contributed by atoms with Crippen molar-refractivity contribution in [2.75, 3.05) is 0 Å². The summed E-state index contributed by atoms with van der Waals surface area (Å²) < 4.78 is 0. The molecule has 0 unspecified atom stereocenters. The second-order valence-electron chi connectivity index (χ2n) is 10.8. The molecular formula is C32H22O12. The molecule has 12 nitrogen and oxygen atoms in total. The maximum atomic E-state index is 13.8. The van der Waals surface area contributed by atoms with E-state index in [2.05, 4.69) is 0 Å². The number of aryl methyl sites for hydroxylation is 2. The van der Waals surface area contributed by atoms with E-state index in [4.69, 9.17) is 0 Å². The first kappa shape index (κ1) is 28.1. The number of fused-ring (bicyclic) bond motifs is 4. The molecule has 0 spiro atoms. The van der Waals surface area contributed by atoms with Gasteiger partial charge in [-0.15, -0.1) is 0 Å². The van der Waals surface area contributed by atoms with E-state index in [0.29, 0.717) is 0 Å². The zero-order valence-electron chi connectivity index (χ0n) is 22.8. The minimum absolute atomic E-state index is 0.00559. The molecule has 8 N–H and O–H groups in total. The van der Waals surface area contributed by atoms with Gasteiger partial charge in [-0.25, -0.2) is 9.59 Å². The number of ketones is 2. The molecule has 0 heterocycles. The lowest BCUT2D eigenvalue weighted by molar-refractivity contribution is 0.0681. The lowest BCUT2D eigenvalue weighted by atomic mass is 9.63. The Kier molecular flexibility index (Phi) is 5.89. The number of carbonyl (C=O) groups is 4. The maximum Gasteiger partial charge on any atom is 0.339 e. The van der Waals surface area contributed by atoms with Crippen LogP contribution in [0, 0.1) is 13.8 Å². The predicted octanol–water partition coefficient (Wildman–Crippen LogP) is 3.99. The number of carboxylic acids is 2. The van der Waals surface area contributed by atoms with Crippen LogP contribution >= 0.6 is 0 Å². The van der Waals surface area contributed by atoms with E-state index in [1.165, 1.54) is 26.0 Å². The van der Waals surface area contributed by atoms with E-state index in [0.717, 1.165) is 24.3 Å². The quantitative estimate of drug-likeness (QED) is 0.167. The van der Waals surface area contributed by atoms with Gasteiger partial charge in [-0.3, -0.25) is 9.59 Å². The Hall–Kier alpha value is -6.04. The molecule has 2 aliphatic rings. The van der Waals surface area contributed by atoms with Gasteiger partial charge in [0.2, 0.25) is 11.6 Å². The Morgan fingerprint density at radius 2 is 0.841 bits per heavy atom.